The molecular weight excluding hydrogens is 358 g/mol. The average Bonchev–Trinajstić information content (AvgIpc) is 3.54. The molecule has 0 bridgehead atoms. The number of methoxy groups -OCH3 is 1. The predicted molar refractivity (Wildman–Crippen MR) is 108 cm³/mol. The van der Waals surface area contributed by atoms with Crippen LogP contribution in [0.3, 0.4) is 0 Å². The molecule has 2 saturated carbocycles. The van der Waals surface area contributed by atoms with E-state index in [1.807, 2.05) is 12.1 Å². The number of aromatic nitrogens is 1. The van der Waals surface area contributed by atoms with Crippen LogP contribution in [-0.4, -0.2) is 17.2 Å². The van der Waals surface area contributed by atoms with Crippen LogP contribution >= 0.6 is 11.6 Å². The van der Waals surface area contributed by atoms with Crippen molar-refractivity contribution in [1.82, 2.24) is 4.98 Å². The van der Waals surface area contributed by atoms with Crippen molar-refractivity contribution in [2.24, 2.45) is 5.92 Å². The van der Waals surface area contributed by atoms with Gasteiger partial charge in [0.25, 0.3) is 0 Å². The molecule has 0 aliphatic heterocycles. The van der Waals surface area contributed by atoms with Crippen LogP contribution in [0.4, 0.5) is 0 Å². The highest BCUT2D eigenvalue weighted by atomic mass is 35.5. The van der Waals surface area contributed by atoms with Crippen LogP contribution in [0, 0.1) is 5.92 Å². The molecule has 0 saturated heterocycles. The van der Waals surface area contributed by atoms with Gasteiger partial charge in [0.2, 0.25) is 0 Å². The molecule has 1 atom stereocenters. The second-order valence-corrected chi connectivity index (χ2v) is 8.57. The van der Waals surface area contributed by atoms with Gasteiger partial charge in [0.05, 0.1) is 24.1 Å². The zero-order chi connectivity index (χ0) is 18.8. The fourth-order valence-electron chi connectivity index (χ4n) is 4.41. The Morgan fingerprint density at radius 3 is 2.26 bits per heavy atom. The maximum Gasteiger partial charge on any atom is 0.0988 e. The number of aliphatic hydroxyl groups is 1. The van der Waals surface area contributed by atoms with Gasteiger partial charge in [0, 0.05) is 12.1 Å². The Labute approximate surface area is 166 Å². The lowest BCUT2D eigenvalue weighted by Gasteiger charge is -2.32. The minimum atomic E-state index is -0.481. The zero-order valence-electron chi connectivity index (χ0n) is 15.9. The highest BCUT2D eigenvalue weighted by Crippen LogP contribution is 2.43. The van der Waals surface area contributed by atoms with Crippen molar-refractivity contribution in [2.45, 2.75) is 63.1 Å². The normalized spacial score (nSPS) is 24.0. The molecule has 144 valence electrons. The number of hydrogen-bond acceptors (Lipinski definition) is 3. The van der Waals surface area contributed by atoms with E-state index in [2.05, 4.69) is 24.3 Å². The summed E-state index contributed by atoms with van der Waals surface area (Å²) in [4.78, 5) is 4.71. The van der Waals surface area contributed by atoms with E-state index in [9.17, 15) is 5.11 Å². The van der Waals surface area contributed by atoms with Crippen LogP contribution in [0.25, 0.3) is 0 Å². The Morgan fingerprint density at radius 2 is 1.63 bits per heavy atom. The first kappa shape index (κ1) is 18.9. The van der Waals surface area contributed by atoms with Gasteiger partial charge in [-0.15, -0.1) is 0 Å². The maximum absolute atomic E-state index is 11.0. The molecule has 2 aromatic rings. The van der Waals surface area contributed by atoms with Gasteiger partial charge in [-0.05, 0) is 91.7 Å². The van der Waals surface area contributed by atoms with E-state index in [4.69, 9.17) is 21.3 Å². The molecule has 27 heavy (non-hydrogen) atoms. The van der Waals surface area contributed by atoms with Crippen molar-refractivity contribution < 1.29 is 9.84 Å². The van der Waals surface area contributed by atoms with Crippen molar-refractivity contribution in [3.63, 3.8) is 0 Å². The molecule has 0 spiro atoms. The van der Waals surface area contributed by atoms with Crippen LogP contribution in [0.2, 0.25) is 5.02 Å². The number of nitrogens with zero attached hydrogens (tertiary/aromatic N) is 1. The second kappa shape index (κ2) is 8.30. The van der Waals surface area contributed by atoms with E-state index in [1.165, 1.54) is 24.0 Å². The molecular formula is C23H28ClNO2. The topological polar surface area (TPSA) is 42.4 Å². The smallest absolute Gasteiger partial charge is 0.0988 e. The molecule has 2 aliphatic rings. The second-order valence-electron chi connectivity index (χ2n) is 8.13. The number of benzene rings is 1. The van der Waals surface area contributed by atoms with Crippen molar-refractivity contribution in [1.29, 1.82) is 0 Å². The van der Waals surface area contributed by atoms with Gasteiger partial charge in [-0.3, -0.25) is 4.98 Å². The van der Waals surface area contributed by atoms with Gasteiger partial charge in [0.15, 0.2) is 0 Å². The molecule has 1 aromatic carbocycles. The Morgan fingerprint density at radius 1 is 1.00 bits per heavy atom. The Bertz CT molecular complexity index is 764. The number of hydrogen-bond donors (Lipinski definition) is 1. The zero-order valence-corrected chi connectivity index (χ0v) is 16.7. The van der Waals surface area contributed by atoms with Gasteiger partial charge < -0.3 is 9.84 Å². The minimum absolute atomic E-state index is 0.283. The molecule has 2 aliphatic carbocycles. The van der Waals surface area contributed by atoms with Crippen molar-refractivity contribution in [2.75, 3.05) is 7.11 Å². The first-order valence-electron chi connectivity index (χ1n) is 10.1. The lowest BCUT2D eigenvalue weighted by atomic mass is 9.76. The summed E-state index contributed by atoms with van der Waals surface area (Å²) < 4.78 is 5.28. The van der Waals surface area contributed by atoms with E-state index in [-0.39, 0.29) is 5.92 Å². The lowest BCUT2D eigenvalue weighted by Crippen LogP contribution is -2.21. The van der Waals surface area contributed by atoms with Crippen LogP contribution in [0.1, 0.15) is 79.0 Å². The minimum Gasteiger partial charge on any atom is -0.387 e. The number of ether oxygens (including phenoxy) is 1. The van der Waals surface area contributed by atoms with E-state index >= 15 is 0 Å². The first-order chi connectivity index (χ1) is 13.1. The number of aliphatic hydroxyl groups excluding tert-OH is 1. The quantitative estimate of drug-likeness (QED) is 0.686. The van der Waals surface area contributed by atoms with Crippen molar-refractivity contribution in [3.8, 4) is 0 Å². The predicted octanol–water partition coefficient (Wildman–Crippen LogP) is 5.77. The standard InChI is InChI=1S/C23H28ClNO2/c1-27-14-21-12-19(17-2-3-17)13-22(25-21)23(26)18-6-4-15(5-7-18)16-8-10-20(24)11-9-16/h8-13,15,17-18,23,26H,2-7,14H2,1H3. The molecule has 1 unspecified atom stereocenters. The van der Waals surface area contributed by atoms with Gasteiger partial charge in [-0.1, -0.05) is 23.7 Å². The number of halogens is 1. The summed E-state index contributed by atoms with van der Waals surface area (Å²) in [7, 11) is 1.69. The van der Waals surface area contributed by atoms with Gasteiger partial charge in [-0.25, -0.2) is 0 Å². The fraction of sp³-hybridized carbons (Fsp3) is 0.522. The molecule has 1 N–H and O–H groups in total. The highest BCUT2D eigenvalue weighted by molar-refractivity contribution is 6.30. The molecule has 3 nitrogen and oxygen atoms in total. The van der Waals surface area contributed by atoms with Crippen LogP contribution in [-0.2, 0) is 11.3 Å². The summed E-state index contributed by atoms with van der Waals surface area (Å²) in [5.41, 5.74) is 4.46. The van der Waals surface area contributed by atoms with Crippen LogP contribution in [0.5, 0.6) is 0 Å². The van der Waals surface area contributed by atoms with E-state index in [0.717, 1.165) is 42.1 Å². The third-order valence-electron chi connectivity index (χ3n) is 6.12. The lowest BCUT2D eigenvalue weighted by molar-refractivity contribution is 0.0765. The summed E-state index contributed by atoms with van der Waals surface area (Å²) in [5.74, 6) is 1.50. The van der Waals surface area contributed by atoms with Gasteiger partial charge >= 0.3 is 0 Å². The summed E-state index contributed by atoms with van der Waals surface area (Å²) >= 11 is 6.01. The Kier molecular flexibility index (Phi) is 5.82. The first-order valence-corrected chi connectivity index (χ1v) is 10.4. The summed E-state index contributed by atoms with van der Waals surface area (Å²) in [5, 5.41) is 11.8. The van der Waals surface area contributed by atoms with Crippen molar-refractivity contribution in [3.05, 3.63) is 63.9 Å². The molecule has 1 heterocycles. The molecule has 2 fully saturated rings. The summed E-state index contributed by atoms with van der Waals surface area (Å²) in [6.07, 6.45) is 6.29. The van der Waals surface area contributed by atoms with Gasteiger partial charge in [0.1, 0.15) is 0 Å². The number of rotatable bonds is 6. The molecule has 0 radical (unpaired) electrons. The summed E-state index contributed by atoms with van der Waals surface area (Å²) in [6.45, 7) is 0.504. The van der Waals surface area contributed by atoms with Crippen LogP contribution in [0.15, 0.2) is 36.4 Å². The third-order valence-corrected chi connectivity index (χ3v) is 6.38. The monoisotopic (exact) mass is 385 g/mol. The molecule has 4 heteroatoms. The number of pyridine rings is 1. The molecule has 4 rings (SSSR count). The molecule has 1 aromatic heterocycles. The SMILES string of the molecule is COCc1cc(C2CC2)cc(C(O)C2CCC(c3ccc(Cl)cc3)CC2)n1. The third kappa shape index (κ3) is 4.53. The van der Waals surface area contributed by atoms with Crippen LogP contribution < -0.4 is 0 Å². The molecule has 0 amide bonds. The largest absolute Gasteiger partial charge is 0.387 e. The van der Waals surface area contributed by atoms with Crippen molar-refractivity contribution >= 4 is 11.6 Å². The highest BCUT2D eigenvalue weighted by Gasteiger charge is 2.31. The van der Waals surface area contributed by atoms with E-state index in [1.54, 1.807) is 7.11 Å². The Hall–Kier alpha value is -1.42. The summed E-state index contributed by atoms with van der Waals surface area (Å²) in [6, 6.07) is 12.5. The maximum atomic E-state index is 11.0. The average molecular weight is 386 g/mol. The van der Waals surface area contributed by atoms with Gasteiger partial charge in [-0.2, -0.15) is 0 Å². The van der Waals surface area contributed by atoms with E-state index < -0.39 is 6.10 Å². The fourth-order valence-corrected chi connectivity index (χ4v) is 4.53. The Balaban J connectivity index is 1.44. The van der Waals surface area contributed by atoms with E-state index in [0.29, 0.717) is 18.4 Å².